The first kappa shape index (κ1) is 17.1. The lowest BCUT2D eigenvalue weighted by Crippen LogP contribution is -2.17. The highest BCUT2D eigenvalue weighted by atomic mass is 35.5. The number of amides is 1. The summed E-state index contributed by atoms with van der Waals surface area (Å²) in [7, 11) is 0. The van der Waals surface area contributed by atoms with Crippen molar-refractivity contribution in [1.82, 2.24) is 0 Å². The quantitative estimate of drug-likeness (QED) is 0.650. The van der Waals surface area contributed by atoms with Crippen LogP contribution in [0.15, 0.2) is 24.3 Å². The van der Waals surface area contributed by atoms with Gasteiger partial charge in [-0.25, -0.2) is 13.2 Å². The third-order valence-corrected chi connectivity index (χ3v) is 3.60. The van der Waals surface area contributed by atoms with Gasteiger partial charge in [-0.05, 0) is 24.3 Å². The molecule has 0 saturated carbocycles. The van der Waals surface area contributed by atoms with Gasteiger partial charge in [0, 0.05) is 11.3 Å². The number of rotatable bonds is 3. The lowest BCUT2D eigenvalue weighted by molar-refractivity contribution is -0.115. The molecule has 0 unspecified atom stereocenters. The Labute approximate surface area is 139 Å². The van der Waals surface area contributed by atoms with Gasteiger partial charge in [0.1, 0.15) is 10.0 Å². The van der Waals surface area contributed by atoms with Gasteiger partial charge in [-0.1, -0.05) is 23.2 Å². The molecule has 1 N–H and O–H groups in total. The molecule has 0 saturated heterocycles. The Balaban J connectivity index is 2.22. The Kier molecular flexibility index (Phi) is 5.14. The minimum atomic E-state index is -1.42. The average Bonchev–Trinajstić information content (AvgIpc) is 2.56. The van der Waals surface area contributed by atoms with Crippen molar-refractivity contribution in [1.29, 1.82) is 5.26 Å². The van der Waals surface area contributed by atoms with Crippen LogP contribution >= 0.6 is 23.2 Å². The standard InChI is InChI=1S/C15H7Cl2F3N2O/c16-11-13(18)9(14(19)12(17)15(11)20)5-10(23)22-8-3-1-7(6-21)2-4-8/h1-4H,5H2,(H,22,23). The van der Waals surface area contributed by atoms with Gasteiger partial charge in [0.05, 0.1) is 18.1 Å². The van der Waals surface area contributed by atoms with E-state index in [0.29, 0.717) is 11.3 Å². The zero-order valence-electron chi connectivity index (χ0n) is 11.3. The smallest absolute Gasteiger partial charge is 0.229 e. The largest absolute Gasteiger partial charge is 0.326 e. The summed E-state index contributed by atoms with van der Waals surface area (Å²) in [6.45, 7) is 0. The SMILES string of the molecule is N#Cc1ccc(NC(=O)Cc2c(F)c(Cl)c(F)c(Cl)c2F)cc1. The van der Waals surface area contributed by atoms with Gasteiger partial charge < -0.3 is 5.32 Å². The predicted octanol–water partition coefficient (Wildman–Crippen LogP) is 4.46. The van der Waals surface area contributed by atoms with E-state index in [4.69, 9.17) is 28.5 Å². The fraction of sp³-hybridized carbons (Fsp3) is 0.0667. The molecular weight excluding hydrogens is 352 g/mol. The summed E-state index contributed by atoms with van der Waals surface area (Å²) in [6.07, 6.45) is -0.725. The van der Waals surface area contributed by atoms with Crippen molar-refractivity contribution in [2.75, 3.05) is 5.32 Å². The number of carbonyl (C=O) groups is 1. The first-order valence-corrected chi connectivity index (χ1v) is 6.91. The molecule has 0 radical (unpaired) electrons. The Morgan fingerprint density at radius 2 is 1.57 bits per heavy atom. The maximum absolute atomic E-state index is 13.8. The Morgan fingerprint density at radius 3 is 2.04 bits per heavy atom. The highest BCUT2D eigenvalue weighted by Gasteiger charge is 2.24. The van der Waals surface area contributed by atoms with Crippen molar-refractivity contribution in [3.63, 3.8) is 0 Å². The van der Waals surface area contributed by atoms with E-state index in [0.717, 1.165) is 0 Å². The van der Waals surface area contributed by atoms with Crippen LogP contribution in [0.4, 0.5) is 18.9 Å². The molecule has 0 aliphatic heterocycles. The Morgan fingerprint density at radius 1 is 1.04 bits per heavy atom. The number of benzene rings is 2. The molecule has 0 atom stereocenters. The van der Waals surface area contributed by atoms with Gasteiger partial charge >= 0.3 is 0 Å². The molecule has 0 fully saturated rings. The minimum absolute atomic E-state index is 0.328. The van der Waals surface area contributed by atoms with Crippen molar-refractivity contribution in [2.24, 2.45) is 0 Å². The Bertz CT molecular complexity index is 788. The number of carbonyl (C=O) groups excluding carboxylic acids is 1. The highest BCUT2D eigenvalue weighted by Crippen LogP contribution is 2.32. The third kappa shape index (κ3) is 3.58. The molecule has 8 heteroatoms. The lowest BCUT2D eigenvalue weighted by atomic mass is 10.1. The van der Waals surface area contributed by atoms with Crippen LogP contribution in [-0.2, 0) is 11.2 Å². The number of anilines is 1. The molecule has 2 aromatic rings. The fourth-order valence-electron chi connectivity index (χ4n) is 1.80. The van der Waals surface area contributed by atoms with Crippen LogP contribution in [0.5, 0.6) is 0 Å². The Hall–Kier alpha value is -2.23. The zero-order chi connectivity index (χ0) is 17.1. The molecule has 0 aromatic heterocycles. The van der Waals surface area contributed by atoms with E-state index >= 15 is 0 Å². The van der Waals surface area contributed by atoms with E-state index in [9.17, 15) is 18.0 Å². The van der Waals surface area contributed by atoms with Crippen molar-refractivity contribution in [3.8, 4) is 6.07 Å². The first-order valence-electron chi connectivity index (χ1n) is 6.15. The maximum Gasteiger partial charge on any atom is 0.229 e. The molecule has 2 aromatic carbocycles. The lowest BCUT2D eigenvalue weighted by Gasteiger charge is -2.10. The van der Waals surface area contributed by atoms with Gasteiger partial charge in [0.2, 0.25) is 5.91 Å². The summed E-state index contributed by atoms with van der Waals surface area (Å²) in [5.74, 6) is -4.92. The number of nitrogens with one attached hydrogen (secondary N) is 1. The molecular formula is C15H7Cl2F3N2O. The minimum Gasteiger partial charge on any atom is -0.326 e. The first-order chi connectivity index (χ1) is 10.8. The molecule has 0 spiro atoms. The van der Waals surface area contributed by atoms with Crippen LogP contribution < -0.4 is 5.32 Å². The van der Waals surface area contributed by atoms with E-state index in [1.54, 1.807) is 0 Å². The van der Waals surface area contributed by atoms with Gasteiger partial charge in [0.25, 0.3) is 0 Å². The second-order valence-electron chi connectivity index (χ2n) is 4.46. The summed E-state index contributed by atoms with van der Waals surface area (Å²) in [4.78, 5) is 11.9. The van der Waals surface area contributed by atoms with Crippen molar-refractivity contribution < 1.29 is 18.0 Å². The van der Waals surface area contributed by atoms with Crippen LogP contribution in [0.25, 0.3) is 0 Å². The third-order valence-electron chi connectivity index (χ3n) is 2.94. The van der Waals surface area contributed by atoms with Crippen LogP contribution in [0.3, 0.4) is 0 Å². The molecule has 3 nitrogen and oxygen atoms in total. The molecule has 0 aliphatic rings. The number of nitrogens with zero attached hydrogens (tertiary/aromatic N) is 1. The average molecular weight is 359 g/mol. The number of halogens is 5. The topological polar surface area (TPSA) is 52.9 Å². The van der Waals surface area contributed by atoms with Crippen molar-refractivity contribution in [3.05, 3.63) is 62.9 Å². The number of hydrogen-bond donors (Lipinski definition) is 1. The van der Waals surface area contributed by atoms with Crippen LogP contribution in [-0.4, -0.2) is 5.91 Å². The summed E-state index contributed by atoms with van der Waals surface area (Å²) in [5.41, 5.74) is -0.0150. The normalized spacial score (nSPS) is 10.3. The van der Waals surface area contributed by atoms with E-state index < -0.39 is 45.4 Å². The molecule has 0 bridgehead atoms. The summed E-state index contributed by atoms with van der Waals surface area (Å²) in [6, 6.07) is 7.73. The van der Waals surface area contributed by atoms with E-state index in [2.05, 4.69) is 5.32 Å². The van der Waals surface area contributed by atoms with Gasteiger partial charge in [0.15, 0.2) is 17.5 Å². The summed E-state index contributed by atoms with van der Waals surface area (Å²) >= 11 is 10.7. The molecule has 0 heterocycles. The molecule has 0 aliphatic carbocycles. The molecule has 23 heavy (non-hydrogen) atoms. The van der Waals surface area contributed by atoms with E-state index in [1.807, 2.05) is 6.07 Å². The number of nitriles is 1. The molecule has 1 amide bonds. The number of hydrogen-bond acceptors (Lipinski definition) is 2. The zero-order valence-corrected chi connectivity index (χ0v) is 12.8. The predicted molar refractivity (Wildman–Crippen MR) is 79.8 cm³/mol. The van der Waals surface area contributed by atoms with Gasteiger partial charge in [-0.2, -0.15) is 5.26 Å². The van der Waals surface area contributed by atoms with Crippen molar-refractivity contribution >= 4 is 34.8 Å². The fourth-order valence-corrected chi connectivity index (χ4v) is 2.26. The summed E-state index contributed by atoms with van der Waals surface area (Å²) < 4.78 is 40.9. The van der Waals surface area contributed by atoms with Crippen LogP contribution in [0.1, 0.15) is 11.1 Å². The summed E-state index contributed by atoms with van der Waals surface area (Å²) in [5, 5.41) is 9.10. The van der Waals surface area contributed by atoms with E-state index in [-0.39, 0.29) is 0 Å². The molecule has 118 valence electrons. The van der Waals surface area contributed by atoms with Crippen LogP contribution in [0, 0.1) is 28.8 Å². The molecule has 2 rings (SSSR count). The van der Waals surface area contributed by atoms with Crippen molar-refractivity contribution in [2.45, 2.75) is 6.42 Å². The second-order valence-corrected chi connectivity index (χ2v) is 5.22. The second kappa shape index (κ2) is 6.90. The van der Waals surface area contributed by atoms with Gasteiger partial charge in [-0.15, -0.1) is 0 Å². The van der Waals surface area contributed by atoms with Gasteiger partial charge in [-0.3, -0.25) is 4.79 Å². The monoisotopic (exact) mass is 358 g/mol. The maximum atomic E-state index is 13.8. The van der Waals surface area contributed by atoms with Crippen LogP contribution in [0.2, 0.25) is 10.0 Å². The van der Waals surface area contributed by atoms with E-state index in [1.165, 1.54) is 24.3 Å². The highest BCUT2D eigenvalue weighted by molar-refractivity contribution is 6.35.